The summed E-state index contributed by atoms with van der Waals surface area (Å²) in [6.45, 7) is 0.193. The minimum Gasteiger partial charge on any atom is -0.468 e. The zero-order chi connectivity index (χ0) is 8.97. The minimum absolute atomic E-state index is 0.0732. The van der Waals surface area contributed by atoms with Gasteiger partial charge in [0.1, 0.15) is 0 Å². The maximum atomic E-state index is 10.7. The van der Waals surface area contributed by atoms with E-state index < -0.39 is 0 Å². The summed E-state index contributed by atoms with van der Waals surface area (Å²) in [5.41, 5.74) is 0. The Hall–Kier alpha value is -0.610. The highest BCUT2D eigenvalue weighted by atomic mass is 16.5. The highest BCUT2D eigenvalue weighted by Crippen LogP contribution is 2.18. The summed E-state index contributed by atoms with van der Waals surface area (Å²) < 4.78 is 4.46. The van der Waals surface area contributed by atoms with Gasteiger partial charge < -0.3 is 15.2 Å². The van der Waals surface area contributed by atoms with E-state index in [1.54, 1.807) is 0 Å². The molecule has 0 aliphatic heterocycles. The number of methoxy groups -OCH3 is 1. The Kier molecular flexibility index (Phi) is 3.49. The van der Waals surface area contributed by atoms with Crippen LogP contribution >= 0.6 is 0 Å². The fourth-order valence-electron chi connectivity index (χ4n) is 1.47. The van der Waals surface area contributed by atoms with Crippen molar-refractivity contribution in [1.29, 1.82) is 0 Å². The van der Waals surface area contributed by atoms with Gasteiger partial charge in [-0.25, -0.2) is 0 Å². The molecule has 2 atom stereocenters. The number of hydrogen-bond donors (Lipinski definition) is 2. The first-order chi connectivity index (χ1) is 5.74. The minimum atomic E-state index is -0.297. The molecular formula is C8H15NO3. The molecule has 1 saturated carbocycles. The number of aliphatic hydroxyl groups excluding tert-OH is 1. The topological polar surface area (TPSA) is 58.6 Å². The summed E-state index contributed by atoms with van der Waals surface area (Å²) in [6.07, 6.45) is 2.51. The number of rotatable bonds is 3. The molecule has 0 saturated heterocycles. The van der Waals surface area contributed by atoms with E-state index >= 15 is 0 Å². The molecule has 0 amide bonds. The van der Waals surface area contributed by atoms with Crippen LogP contribution in [-0.4, -0.2) is 36.9 Å². The van der Waals surface area contributed by atoms with Crippen LogP contribution in [0.25, 0.3) is 0 Å². The number of aliphatic hydroxyl groups is 1. The lowest BCUT2D eigenvalue weighted by atomic mass is 10.2. The number of carbonyl (C=O) groups excluding carboxylic acids is 1. The van der Waals surface area contributed by atoms with Crippen molar-refractivity contribution in [1.82, 2.24) is 5.32 Å². The third kappa shape index (κ3) is 2.46. The standard InChI is InChI=1S/C8H15NO3/c1-12-8(11)5-9-6-3-2-4-7(6)10/h6-7,9-10H,2-5H2,1H3. The quantitative estimate of drug-likeness (QED) is 0.573. The van der Waals surface area contributed by atoms with Crippen LogP contribution in [0.3, 0.4) is 0 Å². The Morgan fingerprint density at radius 2 is 2.42 bits per heavy atom. The Morgan fingerprint density at radius 1 is 1.67 bits per heavy atom. The molecule has 0 aromatic rings. The van der Waals surface area contributed by atoms with Crippen LogP contribution in [0.1, 0.15) is 19.3 Å². The van der Waals surface area contributed by atoms with Crippen LogP contribution in [0.2, 0.25) is 0 Å². The summed E-state index contributed by atoms with van der Waals surface area (Å²) in [5, 5.41) is 12.3. The molecule has 0 heterocycles. The lowest BCUT2D eigenvalue weighted by molar-refractivity contribution is -0.139. The molecule has 4 nitrogen and oxygen atoms in total. The molecule has 70 valence electrons. The second-order valence-electron chi connectivity index (χ2n) is 3.06. The van der Waals surface area contributed by atoms with Crippen molar-refractivity contribution in [2.45, 2.75) is 31.4 Å². The number of hydrogen-bond acceptors (Lipinski definition) is 4. The van der Waals surface area contributed by atoms with E-state index in [0.717, 1.165) is 19.3 Å². The van der Waals surface area contributed by atoms with Crippen LogP contribution < -0.4 is 5.32 Å². The number of nitrogens with one attached hydrogen (secondary N) is 1. The summed E-state index contributed by atoms with van der Waals surface area (Å²) in [4.78, 5) is 10.7. The van der Waals surface area contributed by atoms with Gasteiger partial charge in [-0.05, 0) is 19.3 Å². The van der Waals surface area contributed by atoms with Gasteiger partial charge in [0.25, 0.3) is 0 Å². The monoisotopic (exact) mass is 173 g/mol. The Morgan fingerprint density at radius 3 is 2.92 bits per heavy atom. The Labute approximate surface area is 71.9 Å². The Balaban J connectivity index is 2.18. The number of carbonyl (C=O) groups is 1. The molecule has 1 rings (SSSR count). The van der Waals surface area contributed by atoms with Crippen molar-refractivity contribution in [2.75, 3.05) is 13.7 Å². The van der Waals surface area contributed by atoms with E-state index in [9.17, 15) is 9.90 Å². The fraction of sp³-hybridized carbons (Fsp3) is 0.875. The zero-order valence-corrected chi connectivity index (χ0v) is 7.25. The molecule has 1 fully saturated rings. The summed E-state index contributed by atoms with van der Waals surface area (Å²) in [5.74, 6) is -0.283. The zero-order valence-electron chi connectivity index (χ0n) is 7.25. The van der Waals surface area contributed by atoms with Gasteiger partial charge in [-0.3, -0.25) is 4.79 Å². The average Bonchev–Trinajstić information content (AvgIpc) is 2.47. The van der Waals surface area contributed by atoms with Gasteiger partial charge in [0.05, 0.1) is 19.8 Å². The van der Waals surface area contributed by atoms with Crippen LogP contribution in [0.15, 0.2) is 0 Å². The second-order valence-corrected chi connectivity index (χ2v) is 3.06. The lowest BCUT2D eigenvalue weighted by Crippen LogP contribution is -2.39. The molecule has 1 aliphatic rings. The molecule has 0 radical (unpaired) electrons. The molecule has 0 aromatic carbocycles. The third-order valence-corrected chi connectivity index (χ3v) is 2.22. The van der Waals surface area contributed by atoms with Gasteiger partial charge >= 0.3 is 5.97 Å². The molecule has 4 heteroatoms. The molecular weight excluding hydrogens is 158 g/mol. The van der Waals surface area contributed by atoms with Crippen LogP contribution in [0.4, 0.5) is 0 Å². The number of ether oxygens (including phenoxy) is 1. The SMILES string of the molecule is COC(=O)CNC1CCCC1O. The summed E-state index contributed by atoms with van der Waals surface area (Å²) in [7, 11) is 1.36. The van der Waals surface area contributed by atoms with Gasteiger partial charge in [0, 0.05) is 6.04 Å². The first-order valence-electron chi connectivity index (χ1n) is 4.22. The largest absolute Gasteiger partial charge is 0.468 e. The molecule has 12 heavy (non-hydrogen) atoms. The van der Waals surface area contributed by atoms with Gasteiger partial charge in [0.2, 0.25) is 0 Å². The smallest absolute Gasteiger partial charge is 0.319 e. The van der Waals surface area contributed by atoms with Crippen molar-refractivity contribution in [3.63, 3.8) is 0 Å². The van der Waals surface area contributed by atoms with E-state index in [-0.39, 0.29) is 24.7 Å². The molecule has 0 spiro atoms. The van der Waals surface area contributed by atoms with Gasteiger partial charge in [-0.2, -0.15) is 0 Å². The van der Waals surface area contributed by atoms with Crippen molar-refractivity contribution in [3.8, 4) is 0 Å². The van der Waals surface area contributed by atoms with Gasteiger partial charge in [-0.1, -0.05) is 0 Å². The molecule has 2 unspecified atom stereocenters. The van der Waals surface area contributed by atoms with Crippen LogP contribution in [-0.2, 0) is 9.53 Å². The van der Waals surface area contributed by atoms with E-state index in [1.165, 1.54) is 7.11 Å². The molecule has 0 bridgehead atoms. The highest BCUT2D eigenvalue weighted by Gasteiger charge is 2.24. The van der Waals surface area contributed by atoms with Crippen molar-refractivity contribution in [2.24, 2.45) is 0 Å². The summed E-state index contributed by atoms with van der Waals surface area (Å²) >= 11 is 0. The number of esters is 1. The first kappa shape index (κ1) is 9.48. The Bertz CT molecular complexity index is 160. The van der Waals surface area contributed by atoms with Gasteiger partial charge in [0.15, 0.2) is 0 Å². The van der Waals surface area contributed by atoms with Crippen molar-refractivity contribution < 1.29 is 14.6 Å². The first-order valence-corrected chi connectivity index (χ1v) is 4.22. The van der Waals surface area contributed by atoms with Gasteiger partial charge in [-0.15, -0.1) is 0 Å². The maximum absolute atomic E-state index is 10.7. The summed E-state index contributed by atoms with van der Waals surface area (Å²) in [6, 6.07) is 0.0732. The second kappa shape index (κ2) is 4.42. The predicted octanol–water partition coefficient (Wildman–Crippen LogP) is -0.338. The fourth-order valence-corrected chi connectivity index (χ4v) is 1.47. The van der Waals surface area contributed by atoms with E-state index in [1.807, 2.05) is 0 Å². The molecule has 2 N–H and O–H groups in total. The predicted molar refractivity (Wildman–Crippen MR) is 43.7 cm³/mol. The molecule has 1 aliphatic carbocycles. The highest BCUT2D eigenvalue weighted by molar-refractivity contribution is 5.71. The van der Waals surface area contributed by atoms with Crippen LogP contribution in [0.5, 0.6) is 0 Å². The van der Waals surface area contributed by atoms with Crippen molar-refractivity contribution in [3.05, 3.63) is 0 Å². The van der Waals surface area contributed by atoms with Crippen molar-refractivity contribution >= 4 is 5.97 Å². The van der Waals surface area contributed by atoms with E-state index in [2.05, 4.69) is 10.1 Å². The van der Waals surface area contributed by atoms with E-state index in [4.69, 9.17) is 0 Å². The van der Waals surface area contributed by atoms with Crippen LogP contribution in [0, 0.1) is 0 Å². The molecule has 0 aromatic heterocycles. The normalized spacial score (nSPS) is 28.8. The average molecular weight is 173 g/mol. The third-order valence-electron chi connectivity index (χ3n) is 2.22. The lowest BCUT2D eigenvalue weighted by Gasteiger charge is -2.14. The van der Waals surface area contributed by atoms with E-state index in [0.29, 0.717) is 0 Å². The maximum Gasteiger partial charge on any atom is 0.319 e.